The molecule has 0 spiro atoms. The van der Waals surface area contributed by atoms with Crippen LogP contribution in [0.1, 0.15) is 45.4 Å². The first-order chi connectivity index (χ1) is 4.91. The van der Waals surface area contributed by atoms with Crippen molar-refractivity contribution in [1.29, 1.82) is 0 Å². The first-order valence-corrected chi connectivity index (χ1v) is 4.43. The van der Waals surface area contributed by atoms with Gasteiger partial charge in [-0.05, 0) is 19.4 Å². The summed E-state index contributed by atoms with van der Waals surface area (Å²) in [7, 11) is 0. The van der Waals surface area contributed by atoms with Crippen molar-refractivity contribution in [3.63, 3.8) is 0 Å². The summed E-state index contributed by atoms with van der Waals surface area (Å²) in [6.45, 7) is 3.08. The molecule has 0 aromatic carbocycles. The molecule has 61 valence electrons. The molecule has 1 radical (unpaired) electrons. The Morgan fingerprint density at radius 1 is 1.10 bits per heavy atom. The lowest BCUT2D eigenvalue weighted by Gasteiger charge is -1.97. The average Bonchev–Trinajstić information content (AvgIpc) is 1.97. The normalized spacial score (nSPS) is 10.2. The minimum atomic E-state index is 0.849. The maximum atomic E-state index is 5.36. The molecule has 0 unspecified atom stereocenters. The molecule has 1 heteroatoms. The zero-order chi connectivity index (χ0) is 7.66. The summed E-state index contributed by atoms with van der Waals surface area (Å²) in [6, 6.07) is 0. The van der Waals surface area contributed by atoms with Crippen LogP contribution >= 0.6 is 0 Å². The van der Waals surface area contributed by atoms with Crippen molar-refractivity contribution in [2.45, 2.75) is 45.4 Å². The number of nitrogens with two attached hydrogens (primary N) is 1. The predicted molar refractivity (Wildman–Crippen MR) is 46.7 cm³/mol. The molecule has 0 fully saturated rings. The predicted octanol–water partition coefficient (Wildman–Crippen LogP) is 2.51. The van der Waals surface area contributed by atoms with E-state index in [2.05, 4.69) is 13.3 Å². The van der Waals surface area contributed by atoms with Gasteiger partial charge in [-0.25, -0.2) is 0 Å². The number of hydrogen-bond donors (Lipinski definition) is 1. The second kappa shape index (κ2) is 8.96. The second-order valence-electron chi connectivity index (χ2n) is 2.72. The van der Waals surface area contributed by atoms with E-state index in [0.717, 1.165) is 6.54 Å². The van der Waals surface area contributed by atoms with E-state index >= 15 is 0 Å². The summed E-state index contributed by atoms with van der Waals surface area (Å²) in [4.78, 5) is 0. The Morgan fingerprint density at radius 2 is 1.80 bits per heavy atom. The van der Waals surface area contributed by atoms with Crippen LogP contribution in [0.3, 0.4) is 0 Å². The molecule has 0 aliphatic heterocycles. The van der Waals surface area contributed by atoms with Crippen molar-refractivity contribution >= 4 is 0 Å². The van der Waals surface area contributed by atoms with Crippen molar-refractivity contribution < 1.29 is 0 Å². The van der Waals surface area contributed by atoms with Crippen LogP contribution in [-0.4, -0.2) is 6.54 Å². The highest BCUT2D eigenvalue weighted by Crippen LogP contribution is 2.04. The minimum Gasteiger partial charge on any atom is -0.330 e. The lowest BCUT2D eigenvalue weighted by Crippen LogP contribution is -1.97. The van der Waals surface area contributed by atoms with E-state index in [9.17, 15) is 0 Å². The molecular formula is C9H20N. The molecular weight excluding hydrogens is 122 g/mol. The van der Waals surface area contributed by atoms with Crippen LogP contribution < -0.4 is 5.73 Å². The third-order valence-electron chi connectivity index (χ3n) is 1.62. The molecule has 0 saturated carbocycles. The fraction of sp³-hybridized carbons (Fsp3) is 0.889. The molecule has 10 heavy (non-hydrogen) atoms. The van der Waals surface area contributed by atoms with Crippen molar-refractivity contribution in [1.82, 2.24) is 0 Å². The monoisotopic (exact) mass is 142 g/mol. The van der Waals surface area contributed by atoms with Crippen LogP contribution in [0.15, 0.2) is 0 Å². The molecule has 0 heterocycles. The van der Waals surface area contributed by atoms with Crippen molar-refractivity contribution in [2.24, 2.45) is 5.73 Å². The largest absolute Gasteiger partial charge is 0.330 e. The SMILES string of the molecule is CCCC[CH]CCCCN. The van der Waals surface area contributed by atoms with Crippen LogP contribution in [0, 0.1) is 6.42 Å². The standard InChI is InChI=1S/C9H20N/c1-2-3-4-5-6-7-8-9-10/h5H,2-4,6-10H2,1H3. The van der Waals surface area contributed by atoms with Crippen LogP contribution in [0.25, 0.3) is 0 Å². The van der Waals surface area contributed by atoms with Crippen molar-refractivity contribution in [3.8, 4) is 0 Å². The van der Waals surface area contributed by atoms with Gasteiger partial charge >= 0.3 is 0 Å². The molecule has 0 aliphatic carbocycles. The van der Waals surface area contributed by atoms with Gasteiger partial charge in [-0.15, -0.1) is 0 Å². The van der Waals surface area contributed by atoms with Gasteiger partial charge in [0.25, 0.3) is 0 Å². The molecule has 0 aromatic rings. The van der Waals surface area contributed by atoms with E-state index < -0.39 is 0 Å². The fourth-order valence-corrected chi connectivity index (χ4v) is 0.926. The Kier molecular flexibility index (Phi) is 8.92. The summed E-state index contributed by atoms with van der Waals surface area (Å²) < 4.78 is 0. The smallest absolute Gasteiger partial charge is 0.00773 e. The number of rotatable bonds is 7. The average molecular weight is 142 g/mol. The van der Waals surface area contributed by atoms with Gasteiger partial charge in [0.05, 0.1) is 0 Å². The Bertz CT molecular complexity index is 44.7. The van der Waals surface area contributed by atoms with Gasteiger partial charge in [-0.3, -0.25) is 0 Å². The molecule has 0 aromatic heterocycles. The second-order valence-corrected chi connectivity index (χ2v) is 2.72. The van der Waals surface area contributed by atoms with Crippen LogP contribution in [-0.2, 0) is 0 Å². The summed E-state index contributed by atoms with van der Waals surface area (Å²) in [5.41, 5.74) is 5.36. The third-order valence-corrected chi connectivity index (χ3v) is 1.62. The van der Waals surface area contributed by atoms with Gasteiger partial charge < -0.3 is 5.73 Å². The van der Waals surface area contributed by atoms with Gasteiger partial charge in [-0.1, -0.05) is 39.0 Å². The zero-order valence-corrected chi connectivity index (χ0v) is 7.10. The van der Waals surface area contributed by atoms with E-state index in [1.807, 2.05) is 0 Å². The lowest BCUT2D eigenvalue weighted by atomic mass is 10.1. The lowest BCUT2D eigenvalue weighted by molar-refractivity contribution is 0.688. The zero-order valence-electron chi connectivity index (χ0n) is 7.10. The molecule has 1 nitrogen and oxygen atoms in total. The fourth-order valence-electron chi connectivity index (χ4n) is 0.926. The molecule has 0 bridgehead atoms. The van der Waals surface area contributed by atoms with Gasteiger partial charge in [-0.2, -0.15) is 0 Å². The molecule has 0 amide bonds. The van der Waals surface area contributed by atoms with E-state index in [4.69, 9.17) is 5.73 Å². The Labute approximate surface area is 65.0 Å². The highest BCUT2D eigenvalue weighted by Gasteiger charge is 1.88. The first kappa shape index (κ1) is 9.96. The first-order valence-electron chi connectivity index (χ1n) is 4.43. The van der Waals surface area contributed by atoms with Crippen LogP contribution in [0.4, 0.5) is 0 Å². The quantitative estimate of drug-likeness (QED) is 0.543. The highest BCUT2D eigenvalue weighted by molar-refractivity contribution is 4.63. The van der Waals surface area contributed by atoms with Crippen LogP contribution in [0.2, 0.25) is 0 Å². The Morgan fingerprint density at radius 3 is 2.40 bits per heavy atom. The molecule has 0 rings (SSSR count). The van der Waals surface area contributed by atoms with Crippen molar-refractivity contribution in [2.75, 3.05) is 6.54 Å². The van der Waals surface area contributed by atoms with Crippen LogP contribution in [0.5, 0.6) is 0 Å². The number of hydrogen-bond acceptors (Lipinski definition) is 1. The third kappa shape index (κ3) is 7.96. The van der Waals surface area contributed by atoms with E-state index in [-0.39, 0.29) is 0 Å². The summed E-state index contributed by atoms with van der Waals surface area (Å²) in [5.74, 6) is 0. The molecule has 2 N–H and O–H groups in total. The van der Waals surface area contributed by atoms with E-state index in [1.165, 1.54) is 38.5 Å². The summed E-state index contributed by atoms with van der Waals surface area (Å²) >= 11 is 0. The number of unbranched alkanes of at least 4 members (excludes halogenated alkanes) is 6. The molecule has 0 saturated heterocycles. The molecule has 0 atom stereocenters. The Balaban J connectivity index is 2.65. The van der Waals surface area contributed by atoms with E-state index in [0.29, 0.717) is 0 Å². The maximum absolute atomic E-state index is 5.36. The minimum absolute atomic E-state index is 0.849. The topological polar surface area (TPSA) is 26.0 Å². The molecule has 0 aliphatic rings. The summed E-state index contributed by atoms with van der Waals surface area (Å²) in [6.07, 6.45) is 10.1. The van der Waals surface area contributed by atoms with Gasteiger partial charge in [0.15, 0.2) is 0 Å². The highest BCUT2D eigenvalue weighted by atomic mass is 14.5. The van der Waals surface area contributed by atoms with Gasteiger partial charge in [0.2, 0.25) is 0 Å². The maximum Gasteiger partial charge on any atom is -0.00773 e. The summed E-state index contributed by atoms with van der Waals surface area (Å²) in [5, 5.41) is 0. The van der Waals surface area contributed by atoms with Gasteiger partial charge in [0, 0.05) is 0 Å². The van der Waals surface area contributed by atoms with E-state index in [1.54, 1.807) is 0 Å². The van der Waals surface area contributed by atoms with Gasteiger partial charge in [0.1, 0.15) is 0 Å². The van der Waals surface area contributed by atoms with Crippen molar-refractivity contribution in [3.05, 3.63) is 6.42 Å². The Hall–Kier alpha value is -0.0400.